The van der Waals surface area contributed by atoms with Gasteiger partial charge in [0.15, 0.2) is 0 Å². The molecule has 1 fully saturated rings. The molecule has 1 N–H and O–H groups in total. The van der Waals surface area contributed by atoms with Crippen LogP contribution in [0.25, 0.3) is 0 Å². The average Bonchev–Trinajstić information content (AvgIpc) is 3.17. The highest BCUT2D eigenvalue weighted by Gasteiger charge is 2.09. The van der Waals surface area contributed by atoms with E-state index in [2.05, 4.69) is 17.4 Å². The first-order valence-electron chi connectivity index (χ1n) is 12.4. The minimum atomic E-state index is 1.19. The highest BCUT2D eigenvalue weighted by Crippen LogP contribution is 2.14. The fourth-order valence-electron chi connectivity index (χ4n) is 4.14. The molecule has 0 aliphatic carbocycles. The molecular formula is C24H50N2. The van der Waals surface area contributed by atoms with Crippen LogP contribution in [0.1, 0.15) is 135 Å². The molecule has 1 aliphatic rings. The second kappa shape index (κ2) is 19.7. The molecular weight excluding hydrogens is 316 g/mol. The van der Waals surface area contributed by atoms with Gasteiger partial charge < -0.3 is 0 Å². The van der Waals surface area contributed by atoms with Gasteiger partial charge in [-0.05, 0) is 19.3 Å². The minimum absolute atomic E-state index is 1.19. The van der Waals surface area contributed by atoms with Crippen molar-refractivity contribution >= 4 is 0 Å². The lowest BCUT2D eigenvalue weighted by atomic mass is 10.0. The third-order valence-electron chi connectivity index (χ3n) is 5.97. The molecule has 0 aromatic rings. The molecule has 0 amide bonds. The first-order valence-corrected chi connectivity index (χ1v) is 12.4. The van der Waals surface area contributed by atoms with Crippen LogP contribution in [0.15, 0.2) is 0 Å². The molecule has 0 radical (unpaired) electrons. The van der Waals surface area contributed by atoms with Gasteiger partial charge in [0, 0.05) is 19.6 Å². The lowest BCUT2D eigenvalue weighted by Crippen LogP contribution is -2.35. The number of hydrogen-bond donors (Lipinski definition) is 1. The Kier molecular flexibility index (Phi) is 18.1. The predicted octanol–water partition coefficient (Wildman–Crippen LogP) is 7.63. The lowest BCUT2D eigenvalue weighted by molar-refractivity contribution is 0.233. The minimum Gasteiger partial charge on any atom is -0.255 e. The van der Waals surface area contributed by atoms with Crippen molar-refractivity contribution in [2.45, 2.75) is 135 Å². The maximum absolute atomic E-state index is 3.57. The molecule has 1 aliphatic heterocycles. The van der Waals surface area contributed by atoms with Gasteiger partial charge >= 0.3 is 0 Å². The van der Waals surface area contributed by atoms with E-state index in [9.17, 15) is 0 Å². The summed E-state index contributed by atoms with van der Waals surface area (Å²) in [6.07, 6.45) is 29.0. The molecule has 0 saturated carbocycles. The average molecular weight is 367 g/mol. The van der Waals surface area contributed by atoms with Crippen LogP contribution in [0, 0.1) is 0 Å². The van der Waals surface area contributed by atoms with Crippen LogP contribution in [0.5, 0.6) is 0 Å². The number of hydrogen-bond acceptors (Lipinski definition) is 2. The summed E-state index contributed by atoms with van der Waals surface area (Å²) < 4.78 is 0. The molecule has 1 saturated heterocycles. The standard InChI is InChI=1S/C24H50N2/c1-2-3-4-5-6-7-8-9-10-11-12-13-14-15-16-17-18-19-22-25-26-23-20-21-24-26/h25H,2-24H2,1H3. The molecule has 1 rings (SSSR count). The first-order chi connectivity index (χ1) is 12.9. The second-order valence-electron chi connectivity index (χ2n) is 8.61. The molecule has 0 spiro atoms. The van der Waals surface area contributed by atoms with Gasteiger partial charge in [0.05, 0.1) is 0 Å². The summed E-state index contributed by atoms with van der Waals surface area (Å²) in [5.41, 5.74) is 3.57. The van der Waals surface area contributed by atoms with Crippen molar-refractivity contribution in [2.24, 2.45) is 0 Å². The van der Waals surface area contributed by atoms with Crippen LogP contribution >= 0.6 is 0 Å². The van der Waals surface area contributed by atoms with Crippen molar-refractivity contribution in [3.05, 3.63) is 0 Å². The number of nitrogens with one attached hydrogen (secondary N) is 1. The Morgan fingerprint density at radius 3 is 1.23 bits per heavy atom. The van der Waals surface area contributed by atoms with E-state index < -0.39 is 0 Å². The third-order valence-corrected chi connectivity index (χ3v) is 5.97. The van der Waals surface area contributed by atoms with Crippen molar-refractivity contribution in [3.8, 4) is 0 Å². The summed E-state index contributed by atoms with van der Waals surface area (Å²) >= 11 is 0. The molecule has 0 aromatic carbocycles. The molecule has 26 heavy (non-hydrogen) atoms. The molecule has 0 bridgehead atoms. The number of hydrazine groups is 1. The van der Waals surface area contributed by atoms with Gasteiger partial charge in [-0.25, -0.2) is 5.01 Å². The van der Waals surface area contributed by atoms with Crippen LogP contribution < -0.4 is 5.43 Å². The van der Waals surface area contributed by atoms with Crippen LogP contribution in [0.2, 0.25) is 0 Å². The number of nitrogens with zero attached hydrogens (tertiary/aromatic N) is 1. The predicted molar refractivity (Wildman–Crippen MR) is 118 cm³/mol. The Morgan fingerprint density at radius 1 is 0.500 bits per heavy atom. The SMILES string of the molecule is CCCCCCCCCCCCCCCCCCCCNN1CCCC1. The zero-order valence-corrected chi connectivity index (χ0v) is 18.2. The van der Waals surface area contributed by atoms with Crippen LogP contribution in [-0.2, 0) is 0 Å². The zero-order chi connectivity index (χ0) is 18.5. The third kappa shape index (κ3) is 16.1. The quantitative estimate of drug-likeness (QED) is 0.223. The van der Waals surface area contributed by atoms with Gasteiger partial charge in [0.25, 0.3) is 0 Å². The van der Waals surface area contributed by atoms with Crippen LogP contribution in [0.4, 0.5) is 0 Å². The Balaban J connectivity index is 1.62. The Bertz CT molecular complexity index is 261. The van der Waals surface area contributed by atoms with Crippen molar-refractivity contribution in [1.82, 2.24) is 10.4 Å². The summed E-state index contributed by atoms with van der Waals surface area (Å²) in [7, 11) is 0. The smallest absolute Gasteiger partial charge is 0.0131 e. The highest BCUT2D eigenvalue weighted by molar-refractivity contribution is 4.61. The second-order valence-corrected chi connectivity index (χ2v) is 8.61. The number of unbranched alkanes of at least 4 members (excludes halogenated alkanes) is 17. The summed E-state index contributed by atoms with van der Waals surface area (Å²) in [6.45, 7) is 6.02. The summed E-state index contributed by atoms with van der Waals surface area (Å²) in [5.74, 6) is 0. The van der Waals surface area contributed by atoms with E-state index in [0.717, 1.165) is 0 Å². The van der Waals surface area contributed by atoms with E-state index in [4.69, 9.17) is 0 Å². The molecule has 0 unspecified atom stereocenters. The van der Waals surface area contributed by atoms with Crippen LogP contribution in [0.3, 0.4) is 0 Å². The van der Waals surface area contributed by atoms with Gasteiger partial charge in [-0.3, -0.25) is 5.43 Å². The van der Waals surface area contributed by atoms with E-state index in [0.29, 0.717) is 0 Å². The molecule has 0 aromatic heterocycles. The fourth-order valence-corrected chi connectivity index (χ4v) is 4.14. The first kappa shape index (κ1) is 24.0. The van der Waals surface area contributed by atoms with Crippen molar-refractivity contribution in [1.29, 1.82) is 0 Å². The van der Waals surface area contributed by atoms with Crippen molar-refractivity contribution in [2.75, 3.05) is 19.6 Å². The van der Waals surface area contributed by atoms with Gasteiger partial charge in [-0.1, -0.05) is 116 Å². The van der Waals surface area contributed by atoms with E-state index in [-0.39, 0.29) is 0 Å². The van der Waals surface area contributed by atoms with Crippen molar-refractivity contribution < 1.29 is 0 Å². The molecule has 156 valence electrons. The largest absolute Gasteiger partial charge is 0.255 e. The summed E-state index contributed by atoms with van der Waals surface area (Å²) in [6, 6.07) is 0. The van der Waals surface area contributed by atoms with Crippen LogP contribution in [-0.4, -0.2) is 24.6 Å². The fraction of sp³-hybridized carbons (Fsp3) is 1.00. The van der Waals surface area contributed by atoms with Gasteiger partial charge in [-0.15, -0.1) is 0 Å². The normalized spacial score (nSPS) is 15.1. The van der Waals surface area contributed by atoms with Gasteiger partial charge in [-0.2, -0.15) is 0 Å². The molecule has 1 heterocycles. The van der Waals surface area contributed by atoms with E-state index in [1.54, 1.807) is 0 Å². The van der Waals surface area contributed by atoms with E-state index in [1.165, 1.54) is 148 Å². The summed E-state index contributed by atoms with van der Waals surface area (Å²) in [5, 5.41) is 2.41. The number of rotatable bonds is 20. The molecule has 2 heteroatoms. The van der Waals surface area contributed by atoms with Gasteiger partial charge in [0.1, 0.15) is 0 Å². The van der Waals surface area contributed by atoms with Gasteiger partial charge in [0.2, 0.25) is 0 Å². The maximum atomic E-state index is 3.57. The lowest BCUT2D eigenvalue weighted by Gasteiger charge is -2.15. The Hall–Kier alpha value is -0.0800. The van der Waals surface area contributed by atoms with E-state index in [1.807, 2.05) is 0 Å². The monoisotopic (exact) mass is 366 g/mol. The Morgan fingerprint density at radius 2 is 0.846 bits per heavy atom. The maximum Gasteiger partial charge on any atom is 0.0131 e. The highest BCUT2D eigenvalue weighted by atomic mass is 15.5. The Labute approximate surface area is 165 Å². The van der Waals surface area contributed by atoms with Crippen molar-refractivity contribution in [3.63, 3.8) is 0 Å². The topological polar surface area (TPSA) is 15.3 Å². The summed E-state index contributed by atoms with van der Waals surface area (Å²) in [4.78, 5) is 0. The zero-order valence-electron chi connectivity index (χ0n) is 18.2. The molecule has 0 atom stereocenters. The molecule has 2 nitrogen and oxygen atoms in total. The van der Waals surface area contributed by atoms with E-state index >= 15 is 0 Å².